The van der Waals surface area contributed by atoms with E-state index >= 15 is 0 Å². The van der Waals surface area contributed by atoms with E-state index in [-0.39, 0.29) is 12.7 Å². The molecule has 0 spiro atoms. The fourth-order valence-electron chi connectivity index (χ4n) is 2.69. The van der Waals surface area contributed by atoms with Crippen molar-refractivity contribution in [2.24, 2.45) is 0 Å². The van der Waals surface area contributed by atoms with Gasteiger partial charge in [0.05, 0.1) is 6.54 Å². The van der Waals surface area contributed by atoms with Crippen molar-refractivity contribution in [3.8, 4) is 11.5 Å². The number of anilines is 1. The summed E-state index contributed by atoms with van der Waals surface area (Å²) in [5.74, 6) is 1.48. The molecule has 126 valence electrons. The van der Waals surface area contributed by atoms with Gasteiger partial charge in [0, 0.05) is 18.8 Å². The summed E-state index contributed by atoms with van der Waals surface area (Å²) in [6, 6.07) is 13.9. The first-order chi connectivity index (χ1) is 11.7. The Hall–Kier alpha value is -2.69. The second-order valence-electron chi connectivity index (χ2n) is 5.82. The molecule has 24 heavy (non-hydrogen) atoms. The molecule has 0 aliphatic carbocycles. The van der Waals surface area contributed by atoms with Crippen molar-refractivity contribution in [1.82, 2.24) is 5.32 Å². The number of amides is 1. The molecular weight excluding hydrogens is 304 g/mol. The Morgan fingerprint density at radius 1 is 1.17 bits per heavy atom. The van der Waals surface area contributed by atoms with Gasteiger partial charge in [-0.15, -0.1) is 0 Å². The lowest BCUT2D eigenvalue weighted by molar-refractivity contribution is -0.119. The van der Waals surface area contributed by atoms with Gasteiger partial charge in [0.2, 0.25) is 12.7 Å². The number of benzene rings is 2. The topological polar surface area (TPSA) is 50.8 Å². The van der Waals surface area contributed by atoms with Gasteiger partial charge in [-0.1, -0.05) is 18.2 Å². The van der Waals surface area contributed by atoms with Gasteiger partial charge in [0.25, 0.3) is 0 Å². The van der Waals surface area contributed by atoms with Crippen LogP contribution in [-0.2, 0) is 11.3 Å². The third-order valence-electron chi connectivity index (χ3n) is 4.01. The Bertz CT molecular complexity index is 730. The number of carbonyl (C=O) groups is 1. The van der Waals surface area contributed by atoms with Crippen LogP contribution in [0.4, 0.5) is 5.69 Å². The number of carbonyl (C=O) groups excluding carboxylic acids is 1. The SMILES string of the molecule is CCN(CC(=O)NCc1ccc2c(c1)OCO2)c1cccc(C)c1. The second kappa shape index (κ2) is 7.25. The van der Waals surface area contributed by atoms with Crippen molar-refractivity contribution < 1.29 is 14.3 Å². The fraction of sp³-hybridized carbons (Fsp3) is 0.316. The van der Waals surface area contributed by atoms with Gasteiger partial charge >= 0.3 is 0 Å². The van der Waals surface area contributed by atoms with Crippen LogP contribution in [0.5, 0.6) is 11.5 Å². The lowest BCUT2D eigenvalue weighted by atomic mass is 10.2. The number of ether oxygens (including phenoxy) is 2. The maximum absolute atomic E-state index is 12.3. The lowest BCUT2D eigenvalue weighted by Crippen LogP contribution is -2.37. The predicted molar refractivity (Wildman–Crippen MR) is 93.5 cm³/mol. The normalized spacial score (nSPS) is 12.1. The van der Waals surface area contributed by atoms with E-state index in [4.69, 9.17) is 9.47 Å². The smallest absolute Gasteiger partial charge is 0.239 e. The Balaban J connectivity index is 1.56. The largest absolute Gasteiger partial charge is 0.454 e. The average molecular weight is 326 g/mol. The maximum atomic E-state index is 12.3. The minimum absolute atomic E-state index is 0.00368. The van der Waals surface area contributed by atoms with Gasteiger partial charge in [0.1, 0.15) is 0 Å². The summed E-state index contributed by atoms with van der Waals surface area (Å²) in [5.41, 5.74) is 3.24. The van der Waals surface area contributed by atoms with Crippen LogP contribution in [0, 0.1) is 6.92 Å². The van der Waals surface area contributed by atoms with Crippen LogP contribution in [-0.4, -0.2) is 25.8 Å². The number of fused-ring (bicyclic) bond motifs is 1. The first-order valence-corrected chi connectivity index (χ1v) is 8.12. The number of likely N-dealkylation sites (N-methyl/N-ethyl adjacent to an activating group) is 1. The maximum Gasteiger partial charge on any atom is 0.239 e. The number of hydrogen-bond donors (Lipinski definition) is 1. The fourth-order valence-corrected chi connectivity index (χ4v) is 2.69. The van der Waals surface area contributed by atoms with E-state index in [0.717, 1.165) is 29.3 Å². The van der Waals surface area contributed by atoms with E-state index in [2.05, 4.69) is 29.3 Å². The summed E-state index contributed by atoms with van der Waals surface area (Å²) >= 11 is 0. The molecule has 5 heteroatoms. The van der Waals surface area contributed by atoms with Gasteiger partial charge < -0.3 is 19.7 Å². The number of rotatable bonds is 6. The van der Waals surface area contributed by atoms with Crippen LogP contribution < -0.4 is 19.7 Å². The zero-order valence-corrected chi connectivity index (χ0v) is 14.0. The highest BCUT2D eigenvalue weighted by Gasteiger charge is 2.14. The minimum Gasteiger partial charge on any atom is -0.454 e. The van der Waals surface area contributed by atoms with Gasteiger partial charge in [-0.25, -0.2) is 0 Å². The van der Waals surface area contributed by atoms with Crippen molar-refractivity contribution in [3.05, 3.63) is 53.6 Å². The molecule has 0 atom stereocenters. The van der Waals surface area contributed by atoms with Crippen molar-refractivity contribution in [2.75, 3.05) is 24.8 Å². The van der Waals surface area contributed by atoms with E-state index in [1.54, 1.807) is 0 Å². The average Bonchev–Trinajstić information content (AvgIpc) is 3.05. The van der Waals surface area contributed by atoms with Gasteiger partial charge in [-0.05, 0) is 49.2 Å². The number of hydrogen-bond acceptors (Lipinski definition) is 4. The molecule has 1 amide bonds. The highest BCUT2D eigenvalue weighted by molar-refractivity contribution is 5.81. The monoisotopic (exact) mass is 326 g/mol. The molecule has 2 aromatic rings. The third-order valence-corrected chi connectivity index (χ3v) is 4.01. The predicted octanol–water partition coefficient (Wildman–Crippen LogP) is 2.87. The number of nitrogens with zero attached hydrogens (tertiary/aromatic N) is 1. The zero-order valence-electron chi connectivity index (χ0n) is 14.0. The molecule has 0 saturated carbocycles. The first kappa shape index (κ1) is 16.2. The lowest BCUT2D eigenvalue weighted by Gasteiger charge is -2.23. The molecule has 1 heterocycles. The van der Waals surface area contributed by atoms with Crippen LogP contribution in [0.2, 0.25) is 0 Å². The Morgan fingerprint density at radius 2 is 2.00 bits per heavy atom. The van der Waals surface area contributed by atoms with Crippen LogP contribution in [0.1, 0.15) is 18.1 Å². The molecule has 1 aliphatic rings. The minimum atomic E-state index is -0.00368. The Morgan fingerprint density at radius 3 is 2.79 bits per heavy atom. The molecule has 3 rings (SSSR count). The summed E-state index contributed by atoms with van der Waals surface area (Å²) in [6.45, 7) is 5.95. The summed E-state index contributed by atoms with van der Waals surface area (Å²) in [6.07, 6.45) is 0. The zero-order chi connectivity index (χ0) is 16.9. The summed E-state index contributed by atoms with van der Waals surface area (Å²) in [4.78, 5) is 14.3. The molecule has 0 saturated heterocycles. The summed E-state index contributed by atoms with van der Waals surface area (Å²) in [5, 5.41) is 2.96. The van der Waals surface area contributed by atoms with Gasteiger partial charge in [-0.3, -0.25) is 4.79 Å². The van der Waals surface area contributed by atoms with E-state index < -0.39 is 0 Å². The Labute approximate surface area is 142 Å². The van der Waals surface area contributed by atoms with Crippen LogP contribution >= 0.6 is 0 Å². The third kappa shape index (κ3) is 3.79. The molecule has 0 aromatic heterocycles. The van der Waals surface area contributed by atoms with Crippen molar-refractivity contribution >= 4 is 11.6 Å². The highest BCUT2D eigenvalue weighted by atomic mass is 16.7. The number of nitrogens with one attached hydrogen (secondary N) is 1. The van der Waals surface area contributed by atoms with Gasteiger partial charge in [0.15, 0.2) is 11.5 Å². The molecule has 2 aromatic carbocycles. The van der Waals surface area contributed by atoms with Gasteiger partial charge in [-0.2, -0.15) is 0 Å². The van der Waals surface area contributed by atoms with E-state index in [1.165, 1.54) is 5.56 Å². The molecule has 5 nitrogen and oxygen atoms in total. The van der Waals surface area contributed by atoms with E-state index in [1.807, 2.05) is 37.3 Å². The van der Waals surface area contributed by atoms with E-state index in [0.29, 0.717) is 13.1 Å². The van der Waals surface area contributed by atoms with Crippen molar-refractivity contribution in [1.29, 1.82) is 0 Å². The van der Waals surface area contributed by atoms with Crippen molar-refractivity contribution in [2.45, 2.75) is 20.4 Å². The second-order valence-corrected chi connectivity index (χ2v) is 5.82. The van der Waals surface area contributed by atoms with Crippen molar-refractivity contribution in [3.63, 3.8) is 0 Å². The van der Waals surface area contributed by atoms with Crippen LogP contribution in [0.15, 0.2) is 42.5 Å². The standard InChI is InChI=1S/C19H22N2O3/c1-3-21(16-6-4-5-14(2)9-16)12-19(22)20-11-15-7-8-17-18(10-15)24-13-23-17/h4-10H,3,11-13H2,1-2H3,(H,20,22). The first-order valence-electron chi connectivity index (χ1n) is 8.12. The molecule has 0 fully saturated rings. The molecule has 1 aliphatic heterocycles. The molecule has 0 radical (unpaired) electrons. The number of aryl methyl sites for hydroxylation is 1. The van der Waals surface area contributed by atoms with Crippen LogP contribution in [0.3, 0.4) is 0 Å². The van der Waals surface area contributed by atoms with E-state index in [9.17, 15) is 4.79 Å². The quantitative estimate of drug-likeness (QED) is 0.887. The molecular formula is C19H22N2O3. The Kier molecular flexibility index (Phi) is 4.89. The molecule has 0 bridgehead atoms. The summed E-state index contributed by atoms with van der Waals surface area (Å²) in [7, 11) is 0. The molecule has 0 unspecified atom stereocenters. The molecule has 1 N–H and O–H groups in total. The highest BCUT2D eigenvalue weighted by Crippen LogP contribution is 2.32. The van der Waals surface area contributed by atoms with Crippen LogP contribution in [0.25, 0.3) is 0 Å². The summed E-state index contributed by atoms with van der Waals surface area (Å²) < 4.78 is 10.6.